The smallest absolute Gasteiger partial charge is 0.340 e. The van der Waals surface area contributed by atoms with Crippen molar-refractivity contribution in [2.75, 3.05) is 7.11 Å². The van der Waals surface area contributed by atoms with E-state index in [0.29, 0.717) is 11.1 Å². The molecule has 2 heterocycles. The molecule has 0 fully saturated rings. The maximum atomic E-state index is 15.0. The Hall–Kier alpha value is -3.61. The Morgan fingerprint density at radius 2 is 1.52 bits per heavy atom. The van der Waals surface area contributed by atoms with Crippen LogP contribution in [-0.4, -0.2) is 19.2 Å². The molecule has 7 heteroatoms. The Labute approximate surface area is 177 Å². The van der Waals surface area contributed by atoms with E-state index in [1.165, 1.54) is 31.4 Å². The first-order valence-corrected chi connectivity index (χ1v) is 9.74. The SMILES string of the molecule is COc1cc2c(cc1F)C1(OC(=O)c3ccccc31)c1cc(F)c(OC(C)C)cc1O2. The van der Waals surface area contributed by atoms with Crippen LogP contribution in [0.4, 0.5) is 8.78 Å². The molecule has 0 aliphatic carbocycles. The highest BCUT2D eigenvalue weighted by Crippen LogP contribution is 2.57. The number of methoxy groups -OCH3 is 1. The number of carbonyl (C=O) groups is 1. The maximum Gasteiger partial charge on any atom is 0.340 e. The molecule has 1 unspecified atom stereocenters. The molecule has 0 saturated heterocycles. The summed E-state index contributed by atoms with van der Waals surface area (Å²) in [6.45, 7) is 3.55. The number of halogens is 2. The summed E-state index contributed by atoms with van der Waals surface area (Å²) in [6.07, 6.45) is -0.267. The zero-order valence-electron chi connectivity index (χ0n) is 17.0. The van der Waals surface area contributed by atoms with Crippen molar-refractivity contribution in [1.29, 1.82) is 0 Å². The van der Waals surface area contributed by atoms with E-state index < -0.39 is 23.2 Å². The van der Waals surface area contributed by atoms with Crippen molar-refractivity contribution in [3.63, 3.8) is 0 Å². The van der Waals surface area contributed by atoms with Crippen LogP contribution in [-0.2, 0) is 10.3 Å². The minimum Gasteiger partial charge on any atom is -0.494 e. The minimum atomic E-state index is -1.57. The molecule has 0 amide bonds. The molecule has 3 aromatic carbocycles. The Balaban J connectivity index is 1.84. The molecular weight excluding hydrogens is 406 g/mol. The van der Waals surface area contributed by atoms with Gasteiger partial charge in [0.25, 0.3) is 0 Å². The van der Waals surface area contributed by atoms with Gasteiger partial charge < -0.3 is 18.9 Å². The fourth-order valence-corrected chi connectivity index (χ4v) is 4.17. The van der Waals surface area contributed by atoms with Crippen molar-refractivity contribution >= 4 is 5.97 Å². The van der Waals surface area contributed by atoms with E-state index >= 15 is 4.39 Å². The lowest BCUT2D eigenvalue weighted by Gasteiger charge is -2.37. The lowest BCUT2D eigenvalue weighted by atomic mass is 9.77. The van der Waals surface area contributed by atoms with Gasteiger partial charge in [0.05, 0.1) is 29.9 Å². The highest BCUT2D eigenvalue weighted by molar-refractivity contribution is 5.97. The largest absolute Gasteiger partial charge is 0.494 e. The zero-order chi connectivity index (χ0) is 21.9. The Morgan fingerprint density at radius 1 is 0.903 bits per heavy atom. The number of benzene rings is 3. The third kappa shape index (κ3) is 2.69. The fraction of sp³-hybridized carbons (Fsp3) is 0.208. The average Bonchev–Trinajstić information content (AvgIpc) is 3.03. The van der Waals surface area contributed by atoms with Crippen LogP contribution in [0.1, 0.15) is 40.9 Å². The number of esters is 1. The molecule has 1 atom stereocenters. The van der Waals surface area contributed by atoms with Crippen molar-refractivity contribution in [3.8, 4) is 23.0 Å². The first-order chi connectivity index (χ1) is 14.8. The predicted octanol–water partition coefficient (Wildman–Crippen LogP) is 5.33. The van der Waals surface area contributed by atoms with E-state index in [1.807, 2.05) is 0 Å². The molecule has 31 heavy (non-hydrogen) atoms. The molecule has 0 aromatic heterocycles. The van der Waals surface area contributed by atoms with Crippen LogP contribution >= 0.6 is 0 Å². The topological polar surface area (TPSA) is 54.0 Å². The van der Waals surface area contributed by atoms with Crippen molar-refractivity contribution in [3.05, 3.63) is 82.4 Å². The number of rotatable bonds is 3. The maximum absolute atomic E-state index is 15.0. The molecule has 0 bridgehead atoms. The van der Waals surface area contributed by atoms with Crippen LogP contribution in [0.3, 0.4) is 0 Å². The second kappa shape index (κ2) is 6.70. The normalized spacial score (nSPS) is 18.2. The van der Waals surface area contributed by atoms with Gasteiger partial charge in [-0.25, -0.2) is 13.6 Å². The molecule has 0 N–H and O–H groups in total. The summed E-state index contributed by atoms with van der Waals surface area (Å²) in [5.41, 5.74) is -0.279. The quantitative estimate of drug-likeness (QED) is 0.532. The lowest BCUT2D eigenvalue weighted by molar-refractivity contribution is 0.0221. The summed E-state index contributed by atoms with van der Waals surface area (Å²) in [7, 11) is 1.34. The predicted molar refractivity (Wildman–Crippen MR) is 107 cm³/mol. The number of fused-ring (bicyclic) bond motifs is 6. The van der Waals surface area contributed by atoms with Gasteiger partial charge in [0.2, 0.25) is 0 Å². The number of hydrogen-bond acceptors (Lipinski definition) is 5. The van der Waals surface area contributed by atoms with Crippen molar-refractivity contribution in [2.24, 2.45) is 0 Å². The molecule has 2 aliphatic rings. The molecule has 0 saturated carbocycles. The first kappa shape index (κ1) is 19.4. The summed E-state index contributed by atoms with van der Waals surface area (Å²) in [6, 6.07) is 12.0. The van der Waals surface area contributed by atoms with E-state index in [9.17, 15) is 9.18 Å². The lowest BCUT2D eigenvalue weighted by Crippen LogP contribution is -2.33. The van der Waals surface area contributed by atoms with Gasteiger partial charge in [-0.3, -0.25) is 0 Å². The van der Waals surface area contributed by atoms with Crippen LogP contribution in [0.2, 0.25) is 0 Å². The Morgan fingerprint density at radius 3 is 2.16 bits per heavy atom. The summed E-state index contributed by atoms with van der Waals surface area (Å²) in [5.74, 6) is -1.45. The van der Waals surface area contributed by atoms with Gasteiger partial charge in [0.15, 0.2) is 28.7 Å². The highest BCUT2D eigenvalue weighted by atomic mass is 19.1. The molecule has 3 aromatic rings. The zero-order valence-corrected chi connectivity index (χ0v) is 17.0. The second-order valence-electron chi connectivity index (χ2n) is 7.65. The van der Waals surface area contributed by atoms with E-state index in [-0.39, 0.29) is 40.2 Å². The van der Waals surface area contributed by atoms with Gasteiger partial charge >= 0.3 is 5.97 Å². The van der Waals surface area contributed by atoms with E-state index in [2.05, 4.69) is 0 Å². The van der Waals surface area contributed by atoms with Gasteiger partial charge in [-0.15, -0.1) is 0 Å². The highest BCUT2D eigenvalue weighted by Gasteiger charge is 2.54. The number of carbonyl (C=O) groups excluding carboxylic acids is 1. The summed E-state index contributed by atoms with van der Waals surface area (Å²) in [4.78, 5) is 12.8. The van der Waals surface area contributed by atoms with Crippen molar-refractivity contribution < 1.29 is 32.5 Å². The first-order valence-electron chi connectivity index (χ1n) is 9.74. The van der Waals surface area contributed by atoms with Crippen LogP contribution in [0.25, 0.3) is 0 Å². The summed E-state index contributed by atoms with van der Waals surface area (Å²) in [5, 5.41) is 0. The standard InChI is InChI=1S/C24H18F2O5/c1-12(2)29-22-11-20-16(9-18(22)26)24(14-7-5-4-6-13(14)23(27)31-24)15-8-17(25)21(28-3)10-19(15)30-20/h4-12H,1-3H3. The van der Waals surface area contributed by atoms with Crippen LogP contribution < -0.4 is 14.2 Å². The molecule has 158 valence electrons. The molecule has 0 radical (unpaired) electrons. The van der Waals surface area contributed by atoms with E-state index in [0.717, 1.165) is 0 Å². The molecule has 5 rings (SSSR count). The molecule has 5 nitrogen and oxygen atoms in total. The number of hydrogen-bond donors (Lipinski definition) is 0. The van der Waals surface area contributed by atoms with Gasteiger partial charge in [-0.2, -0.15) is 0 Å². The Kier molecular flexibility index (Phi) is 4.18. The van der Waals surface area contributed by atoms with Gasteiger partial charge in [-0.1, -0.05) is 18.2 Å². The van der Waals surface area contributed by atoms with E-state index in [4.69, 9.17) is 18.9 Å². The Bertz CT molecular complexity index is 1240. The summed E-state index contributed by atoms with van der Waals surface area (Å²) >= 11 is 0. The van der Waals surface area contributed by atoms with E-state index in [1.54, 1.807) is 38.1 Å². The molecule has 2 aliphatic heterocycles. The van der Waals surface area contributed by atoms with Crippen molar-refractivity contribution in [2.45, 2.75) is 25.6 Å². The second-order valence-corrected chi connectivity index (χ2v) is 7.65. The monoisotopic (exact) mass is 424 g/mol. The summed E-state index contributed by atoms with van der Waals surface area (Å²) < 4.78 is 52.3. The third-order valence-corrected chi connectivity index (χ3v) is 5.40. The molecule has 1 spiro atoms. The van der Waals surface area contributed by atoms with Crippen LogP contribution in [0.5, 0.6) is 23.0 Å². The minimum absolute atomic E-state index is 0.000893. The van der Waals surface area contributed by atoms with Gasteiger partial charge in [-0.05, 0) is 32.0 Å². The van der Waals surface area contributed by atoms with Crippen LogP contribution in [0.15, 0.2) is 48.5 Å². The fourth-order valence-electron chi connectivity index (χ4n) is 4.17. The van der Waals surface area contributed by atoms with Gasteiger partial charge in [0.1, 0.15) is 11.5 Å². The number of ether oxygens (including phenoxy) is 4. The average molecular weight is 424 g/mol. The van der Waals surface area contributed by atoms with Gasteiger partial charge in [0, 0.05) is 17.7 Å². The van der Waals surface area contributed by atoms with Crippen molar-refractivity contribution in [1.82, 2.24) is 0 Å². The molecular formula is C24H18F2O5. The van der Waals surface area contributed by atoms with Crippen LogP contribution in [0, 0.1) is 11.6 Å². The third-order valence-electron chi connectivity index (χ3n) is 5.40.